The van der Waals surface area contributed by atoms with Crippen molar-refractivity contribution in [2.45, 2.75) is 31.8 Å². The van der Waals surface area contributed by atoms with Crippen LogP contribution in [0, 0.1) is 0 Å². The fraction of sp³-hybridized carbons (Fsp3) is 0.238. The van der Waals surface area contributed by atoms with Crippen LogP contribution in [-0.2, 0) is 0 Å². The molecule has 1 aliphatic rings. The molecule has 0 aromatic heterocycles. The van der Waals surface area contributed by atoms with Gasteiger partial charge in [0.25, 0.3) is 11.8 Å². The molecule has 2 aromatic rings. The molecular formula is C21H22N2O2. The number of hydrogen-bond acceptors (Lipinski definition) is 2. The Morgan fingerprint density at radius 2 is 1.32 bits per heavy atom. The summed E-state index contributed by atoms with van der Waals surface area (Å²) in [7, 11) is 0. The minimum absolute atomic E-state index is 0.00224. The van der Waals surface area contributed by atoms with E-state index in [2.05, 4.69) is 10.6 Å². The molecule has 0 saturated heterocycles. The van der Waals surface area contributed by atoms with E-state index >= 15 is 0 Å². The van der Waals surface area contributed by atoms with Gasteiger partial charge in [-0.25, -0.2) is 0 Å². The van der Waals surface area contributed by atoms with Crippen LogP contribution < -0.4 is 10.6 Å². The summed E-state index contributed by atoms with van der Waals surface area (Å²) in [5.41, 5.74) is 2.40. The van der Waals surface area contributed by atoms with Gasteiger partial charge >= 0.3 is 0 Å². The van der Waals surface area contributed by atoms with Crippen molar-refractivity contribution in [3.63, 3.8) is 0 Å². The Morgan fingerprint density at radius 1 is 0.800 bits per heavy atom. The Kier molecular flexibility index (Phi) is 5.29. The van der Waals surface area contributed by atoms with Gasteiger partial charge in [-0.05, 0) is 44.0 Å². The van der Waals surface area contributed by atoms with Gasteiger partial charge in [-0.3, -0.25) is 9.59 Å². The number of rotatable bonds is 4. The van der Waals surface area contributed by atoms with Crippen molar-refractivity contribution in [2.24, 2.45) is 0 Å². The molecule has 0 saturated carbocycles. The minimum atomic E-state index is -0.0681. The highest BCUT2D eigenvalue weighted by molar-refractivity contribution is 5.95. The van der Waals surface area contributed by atoms with Crippen LogP contribution in [0.5, 0.6) is 0 Å². The molecule has 3 rings (SSSR count). The fourth-order valence-electron chi connectivity index (χ4n) is 3.06. The quantitative estimate of drug-likeness (QED) is 0.843. The van der Waals surface area contributed by atoms with Crippen LogP contribution in [-0.4, -0.2) is 23.9 Å². The van der Waals surface area contributed by atoms with E-state index in [0.717, 1.165) is 18.4 Å². The third kappa shape index (κ3) is 4.35. The zero-order valence-electron chi connectivity index (χ0n) is 14.2. The molecular weight excluding hydrogens is 312 g/mol. The molecule has 2 amide bonds. The van der Waals surface area contributed by atoms with Crippen molar-refractivity contribution in [3.8, 4) is 0 Å². The van der Waals surface area contributed by atoms with Crippen molar-refractivity contribution < 1.29 is 9.59 Å². The highest BCUT2D eigenvalue weighted by atomic mass is 16.2. The molecule has 128 valence electrons. The van der Waals surface area contributed by atoms with Crippen molar-refractivity contribution in [3.05, 3.63) is 83.4 Å². The standard InChI is InChI=1S/C21H22N2O2/c1-15-14-18(22-20(24)16-8-4-2-5-9-16)12-13-19(15)23-21(25)17-10-6-3-7-11-17/h2-11,14,18-19H,12-13H2,1H3,(H,22,24)(H,23,25)/t18-,19+/m1/s1. The molecule has 0 spiro atoms. The summed E-state index contributed by atoms with van der Waals surface area (Å²) in [6, 6.07) is 18.4. The second-order valence-electron chi connectivity index (χ2n) is 6.33. The second-order valence-corrected chi connectivity index (χ2v) is 6.33. The maximum absolute atomic E-state index is 12.3. The van der Waals surface area contributed by atoms with Crippen LogP contribution in [0.3, 0.4) is 0 Å². The van der Waals surface area contributed by atoms with E-state index in [0.29, 0.717) is 11.1 Å². The van der Waals surface area contributed by atoms with E-state index in [-0.39, 0.29) is 23.9 Å². The van der Waals surface area contributed by atoms with Crippen LogP contribution in [0.2, 0.25) is 0 Å². The van der Waals surface area contributed by atoms with E-state index in [9.17, 15) is 9.59 Å². The molecule has 4 heteroatoms. The minimum Gasteiger partial charge on any atom is -0.346 e. The van der Waals surface area contributed by atoms with Crippen LogP contribution in [0.25, 0.3) is 0 Å². The normalized spacial score (nSPS) is 19.6. The second kappa shape index (κ2) is 7.79. The van der Waals surface area contributed by atoms with Crippen molar-refractivity contribution in [2.75, 3.05) is 0 Å². The van der Waals surface area contributed by atoms with Gasteiger partial charge in [0.15, 0.2) is 0 Å². The fourth-order valence-corrected chi connectivity index (χ4v) is 3.06. The van der Waals surface area contributed by atoms with Gasteiger partial charge in [-0.1, -0.05) is 48.0 Å². The summed E-state index contributed by atoms with van der Waals surface area (Å²) in [5, 5.41) is 6.11. The Labute approximate surface area is 148 Å². The number of hydrogen-bond donors (Lipinski definition) is 2. The molecule has 0 radical (unpaired) electrons. The summed E-state index contributed by atoms with van der Waals surface area (Å²) in [4.78, 5) is 24.5. The third-order valence-corrected chi connectivity index (χ3v) is 4.47. The van der Waals surface area contributed by atoms with E-state index in [1.54, 1.807) is 24.3 Å². The summed E-state index contributed by atoms with van der Waals surface area (Å²) < 4.78 is 0. The average molecular weight is 334 g/mol. The zero-order chi connectivity index (χ0) is 17.6. The molecule has 2 aromatic carbocycles. The summed E-state index contributed by atoms with van der Waals surface area (Å²) >= 11 is 0. The van der Waals surface area contributed by atoms with E-state index < -0.39 is 0 Å². The van der Waals surface area contributed by atoms with Crippen LogP contribution in [0.4, 0.5) is 0 Å². The smallest absolute Gasteiger partial charge is 0.251 e. The predicted molar refractivity (Wildman–Crippen MR) is 98.4 cm³/mol. The Hall–Kier alpha value is -2.88. The predicted octanol–water partition coefficient (Wildman–Crippen LogP) is 3.32. The molecule has 2 N–H and O–H groups in total. The zero-order valence-corrected chi connectivity index (χ0v) is 14.2. The maximum Gasteiger partial charge on any atom is 0.251 e. The van der Waals surface area contributed by atoms with Crippen LogP contribution >= 0.6 is 0 Å². The van der Waals surface area contributed by atoms with Gasteiger partial charge in [0.1, 0.15) is 0 Å². The first-order chi connectivity index (χ1) is 12.1. The molecule has 25 heavy (non-hydrogen) atoms. The maximum atomic E-state index is 12.3. The molecule has 0 unspecified atom stereocenters. The van der Waals surface area contributed by atoms with Crippen molar-refractivity contribution in [1.82, 2.24) is 10.6 Å². The lowest BCUT2D eigenvalue weighted by molar-refractivity contribution is 0.0920. The number of benzene rings is 2. The van der Waals surface area contributed by atoms with Crippen LogP contribution in [0.15, 0.2) is 72.3 Å². The largest absolute Gasteiger partial charge is 0.346 e. The van der Waals surface area contributed by atoms with E-state index in [4.69, 9.17) is 0 Å². The van der Waals surface area contributed by atoms with Gasteiger partial charge in [-0.15, -0.1) is 0 Å². The van der Waals surface area contributed by atoms with Gasteiger partial charge in [0.05, 0.1) is 6.04 Å². The van der Waals surface area contributed by atoms with E-state index in [1.807, 2.05) is 49.4 Å². The third-order valence-electron chi connectivity index (χ3n) is 4.47. The molecule has 0 heterocycles. The highest BCUT2D eigenvalue weighted by Crippen LogP contribution is 2.19. The summed E-state index contributed by atoms with van der Waals surface area (Å²) in [6.45, 7) is 2.00. The van der Waals surface area contributed by atoms with E-state index in [1.165, 1.54) is 0 Å². The van der Waals surface area contributed by atoms with Gasteiger partial charge < -0.3 is 10.6 Å². The van der Waals surface area contributed by atoms with Crippen LogP contribution in [0.1, 0.15) is 40.5 Å². The van der Waals surface area contributed by atoms with Crippen molar-refractivity contribution >= 4 is 11.8 Å². The first-order valence-electron chi connectivity index (χ1n) is 8.53. The molecule has 0 bridgehead atoms. The SMILES string of the molecule is CC1=C[C@H](NC(=O)c2ccccc2)CC[C@@H]1NC(=O)c1ccccc1. The lowest BCUT2D eigenvalue weighted by Crippen LogP contribution is -2.42. The summed E-state index contributed by atoms with van der Waals surface area (Å²) in [5.74, 6) is -0.133. The first kappa shape index (κ1) is 17.0. The molecule has 0 fully saturated rings. The van der Waals surface area contributed by atoms with Gasteiger partial charge in [0.2, 0.25) is 0 Å². The molecule has 1 aliphatic carbocycles. The number of carbonyl (C=O) groups is 2. The monoisotopic (exact) mass is 334 g/mol. The number of amides is 2. The number of carbonyl (C=O) groups excluding carboxylic acids is 2. The Bertz CT molecular complexity index is 769. The molecule has 0 aliphatic heterocycles. The average Bonchev–Trinajstić information content (AvgIpc) is 2.65. The lowest BCUT2D eigenvalue weighted by atomic mass is 9.91. The Balaban J connectivity index is 1.60. The topological polar surface area (TPSA) is 58.2 Å². The molecule has 4 nitrogen and oxygen atoms in total. The highest BCUT2D eigenvalue weighted by Gasteiger charge is 2.23. The number of nitrogens with one attached hydrogen (secondary N) is 2. The lowest BCUT2D eigenvalue weighted by Gasteiger charge is -2.28. The van der Waals surface area contributed by atoms with Crippen molar-refractivity contribution in [1.29, 1.82) is 0 Å². The van der Waals surface area contributed by atoms with Gasteiger partial charge in [-0.2, -0.15) is 0 Å². The Morgan fingerprint density at radius 3 is 1.84 bits per heavy atom. The molecule has 2 atom stereocenters. The van der Waals surface area contributed by atoms with Gasteiger partial charge in [0, 0.05) is 17.2 Å². The summed E-state index contributed by atoms with van der Waals surface area (Å²) in [6.07, 6.45) is 3.65. The first-order valence-corrected chi connectivity index (χ1v) is 8.53.